The lowest BCUT2D eigenvalue weighted by Crippen LogP contribution is -2.31. The van der Waals surface area contributed by atoms with E-state index in [9.17, 15) is 0 Å². The van der Waals surface area contributed by atoms with Crippen LogP contribution in [0, 0.1) is 0 Å². The molecule has 0 unspecified atom stereocenters. The van der Waals surface area contributed by atoms with E-state index in [0.29, 0.717) is 0 Å². The van der Waals surface area contributed by atoms with Crippen LogP contribution < -0.4 is 31.9 Å². The molecule has 21 heavy (non-hydrogen) atoms. The summed E-state index contributed by atoms with van der Waals surface area (Å²) in [4.78, 5) is 11.5. The van der Waals surface area contributed by atoms with Gasteiger partial charge in [-0.25, -0.2) is 0 Å². The van der Waals surface area contributed by atoms with Crippen molar-refractivity contribution in [2.24, 2.45) is 15.0 Å². The van der Waals surface area contributed by atoms with E-state index in [4.69, 9.17) is 0 Å². The molecule has 0 saturated heterocycles. The maximum absolute atomic E-state index is 3.82. The minimum atomic E-state index is 0.806. The van der Waals surface area contributed by atoms with Crippen LogP contribution in [0.4, 0.5) is 0 Å². The fraction of sp³-hybridized carbons (Fsp3) is 0.750. The molecular weight excluding hydrogens is 270 g/mol. The molecule has 0 bridgehead atoms. The Morgan fingerprint density at radius 1 is 0.429 bits per heavy atom. The summed E-state index contributed by atoms with van der Waals surface area (Å²) in [7, 11) is 16.1. The van der Waals surface area contributed by atoms with Crippen molar-refractivity contribution < 1.29 is 0 Å². The van der Waals surface area contributed by atoms with Gasteiger partial charge in [-0.05, 0) is 0 Å². The van der Waals surface area contributed by atoms with Crippen molar-refractivity contribution in [2.45, 2.75) is 0 Å². The molecule has 0 aromatic heterocycles. The van der Waals surface area contributed by atoms with Crippen LogP contribution in [0.2, 0.25) is 0 Å². The number of hydrogen-bond donors (Lipinski definition) is 6. The van der Waals surface area contributed by atoms with E-state index in [1.165, 1.54) is 0 Å². The smallest absolute Gasteiger partial charge is 0.190 e. The standard InChI is InChI=1S/3C4H11N3/c3*1-5-4(6-2)7-3/h3*1-3H3,(H2,5,6,7). The molecule has 0 aliphatic rings. The van der Waals surface area contributed by atoms with Crippen LogP contribution in [0.1, 0.15) is 0 Å². The van der Waals surface area contributed by atoms with E-state index in [1.807, 2.05) is 42.3 Å². The second-order valence-corrected chi connectivity index (χ2v) is 3.22. The molecule has 0 saturated carbocycles. The molecule has 0 heterocycles. The third-order valence-electron chi connectivity index (χ3n) is 2.09. The first-order valence-corrected chi connectivity index (χ1v) is 6.51. The van der Waals surface area contributed by atoms with Crippen molar-refractivity contribution in [1.82, 2.24) is 31.9 Å². The normalized spacial score (nSPS) is 7.29. The highest BCUT2D eigenvalue weighted by Gasteiger charge is 1.80. The van der Waals surface area contributed by atoms with Crippen LogP contribution in [-0.2, 0) is 0 Å². The van der Waals surface area contributed by atoms with Gasteiger partial charge in [-0.2, -0.15) is 0 Å². The Bertz CT molecular complexity index is 232. The van der Waals surface area contributed by atoms with Crippen LogP contribution in [0.3, 0.4) is 0 Å². The largest absolute Gasteiger partial charge is 0.359 e. The predicted octanol–water partition coefficient (Wildman–Crippen LogP) is -1.77. The van der Waals surface area contributed by atoms with Gasteiger partial charge in [0.05, 0.1) is 0 Å². The topological polar surface area (TPSA) is 109 Å². The first-order valence-electron chi connectivity index (χ1n) is 6.51. The maximum atomic E-state index is 3.82. The number of aliphatic imine (C=N–C) groups is 3. The lowest BCUT2D eigenvalue weighted by molar-refractivity contribution is 1.01. The Morgan fingerprint density at radius 3 is 0.571 bits per heavy atom. The lowest BCUT2D eigenvalue weighted by Gasteiger charge is -1.99. The Kier molecular flexibility index (Phi) is 22.9. The summed E-state index contributed by atoms with van der Waals surface area (Å²) in [5.74, 6) is 2.42. The Hall–Kier alpha value is -2.19. The molecular formula is C12H33N9. The highest BCUT2D eigenvalue weighted by molar-refractivity contribution is 5.79. The van der Waals surface area contributed by atoms with Crippen molar-refractivity contribution >= 4 is 17.9 Å². The van der Waals surface area contributed by atoms with Gasteiger partial charge in [0.25, 0.3) is 0 Å². The van der Waals surface area contributed by atoms with Crippen LogP contribution in [-0.4, -0.2) is 81.3 Å². The molecule has 6 N–H and O–H groups in total. The van der Waals surface area contributed by atoms with E-state index >= 15 is 0 Å². The molecule has 0 rings (SSSR count). The molecule has 0 aliphatic carbocycles. The number of hydrogen-bond acceptors (Lipinski definition) is 3. The van der Waals surface area contributed by atoms with Gasteiger partial charge in [0, 0.05) is 63.4 Å². The van der Waals surface area contributed by atoms with Crippen LogP contribution >= 0.6 is 0 Å². The monoisotopic (exact) mass is 303 g/mol. The second-order valence-electron chi connectivity index (χ2n) is 3.22. The Morgan fingerprint density at radius 2 is 0.571 bits per heavy atom. The van der Waals surface area contributed by atoms with Gasteiger partial charge in [-0.3, -0.25) is 15.0 Å². The van der Waals surface area contributed by atoms with Crippen molar-refractivity contribution in [3.05, 3.63) is 0 Å². The zero-order valence-electron chi connectivity index (χ0n) is 14.8. The van der Waals surface area contributed by atoms with Gasteiger partial charge < -0.3 is 31.9 Å². The minimum absolute atomic E-state index is 0.806. The molecule has 0 aromatic rings. The molecule has 9 nitrogen and oxygen atoms in total. The quantitative estimate of drug-likeness (QED) is 0.234. The van der Waals surface area contributed by atoms with Crippen molar-refractivity contribution in [3.8, 4) is 0 Å². The molecule has 0 atom stereocenters. The number of rotatable bonds is 0. The predicted molar refractivity (Wildman–Crippen MR) is 94.4 cm³/mol. The molecule has 9 heteroatoms. The summed E-state index contributed by atoms with van der Waals surface area (Å²) in [5.41, 5.74) is 0. The zero-order valence-corrected chi connectivity index (χ0v) is 14.8. The van der Waals surface area contributed by atoms with E-state index in [2.05, 4.69) is 46.9 Å². The van der Waals surface area contributed by atoms with Gasteiger partial charge in [0.2, 0.25) is 0 Å². The first kappa shape index (κ1) is 23.9. The van der Waals surface area contributed by atoms with Gasteiger partial charge in [-0.15, -0.1) is 0 Å². The fourth-order valence-electron chi connectivity index (χ4n) is 1.05. The SMILES string of the molecule is CN=C(NC)NC.CN=C(NC)NC.CN=C(NC)NC. The van der Waals surface area contributed by atoms with Crippen LogP contribution in [0.15, 0.2) is 15.0 Å². The molecule has 0 spiro atoms. The van der Waals surface area contributed by atoms with E-state index < -0.39 is 0 Å². The summed E-state index contributed by atoms with van der Waals surface area (Å²) < 4.78 is 0. The summed E-state index contributed by atoms with van der Waals surface area (Å²) in [6.07, 6.45) is 0. The van der Waals surface area contributed by atoms with Crippen LogP contribution in [0.25, 0.3) is 0 Å². The van der Waals surface area contributed by atoms with Gasteiger partial charge in [0.15, 0.2) is 17.9 Å². The number of nitrogens with one attached hydrogen (secondary N) is 6. The third kappa shape index (κ3) is 17.8. The number of guanidine groups is 3. The van der Waals surface area contributed by atoms with Gasteiger partial charge in [-0.1, -0.05) is 0 Å². The summed E-state index contributed by atoms with van der Waals surface area (Å²) >= 11 is 0. The molecule has 0 aliphatic heterocycles. The second kappa shape index (κ2) is 20.1. The molecule has 0 amide bonds. The summed E-state index contributed by atoms with van der Waals surface area (Å²) in [6, 6.07) is 0. The van der Waals surface area contributed by atoms with E-state index in [1.54, 1.807) is 21.1 Å². The van der Waals surface area contributed by atoms with Crippen molar-refractivity contribution in [1.29, 1.82) is 0 Å². The molecule has 0 aromatic carbocycles. The third-order valence-corrected chi connectivity index (χ3v) is 2.09. The molecule has 0 fully saturated rings. The molecule has 126 valence electrons. The highest BCUT2D eigenvalue weighted by atomic mass is 15.1. The first-order chi connectivity index (χ1) is 10.0. The highest BCUT2D eigenvalue weighted by Crippen LogP contribution is 1.56. The van der Waals surface area contributed by atoms with Crippen molar-refractivity contribution in [2.75, 3.05) is 63.4 Å². The van der Waals surface area contributed by atoms with Crippen LogP contribution in [0.5, 0.6) is 0 Å². The summed E-state index contributed by atoms with van der Waals surface area (Å²) in [5, 5.41) is 17.0. The van der Waals surface area contributed by atoms with Gasteiger partial charge >= 0.3 is 0 Å². The van der Waals surface area contributed by atoms with E-state index in [-0.39, 0.29) is 0 Å². The zero-order chi connectivity index (χ0) is 17.1. The Balaban J connectivity index is -0.000000231. The Labute approximate surface area is 129 Å². The fourth-order valence-corrected chi connectivity index (χ4v) is 1.05. The average Bonchev–Trinajstić information content (AvgIpc) is 2.54. The lowest BCUT2D eigenvalue weighted by atomic mass is 10.9. The average molecular weight is 303 g/mol. The van der Waals surface area contributed by atoms with Crippen molar-refractivity contribution in [3.63, 3.8) is 0 Å². The minimum Gasteiger partial charge on any atom is -0.359 e. The van der Waals surface area contributed by atoms with E-state index in [0.717, 1.165) is 17.9 Å². The van der Waals surface area contributed by atoms with Gasteiger partial charge in [0.1, 0.15) is 0 Å². The number of nitrogens with zero attached hydrogens (tertiary/aromatic N) is 3. The maximum Gasteiger partial charge on any atom is 0.190 e. The summed E-state index contributed by atoms with van der Waals surface area (Å²) in [6.45, 7) is 0. The molecule has 0 radical (unpaired) electrons.